The molecule has 2 atom stereocenters. The summed E-state index contributed by atoms with van der Waals surface area (Å²) in [5.74, 6) is -1.30. The van der Waals surface area contributed by atoms with Crippen LogP contribution in [-0.4, -0.2) is 34.1 Å². The number of aryl methyl sites for hydroxylation is 2. The van der Waals surface area contributed by atoms with E-state index in [2.05, 4.69) is 10.3 Å². The number of carboxylic acid groups (broad SMARTS) is 1. The maximum absolute atomic E-state index is 12.8. The Morgan fingerprint density at radius 3 is 2.66 bits per heavy atom. The highest BCUT2D eigenvalue weighted by Gasteiger charge is 2.26. The number of carbonyl (C=O) groups is 2. The molecule has 2 heterocycles. The van der Waals surface area contributed by atoms with E-state index in [1.54, 1.807) is 26.1 Å². The molecule has 0 fully saturated rings. The Balaban J connectivity index is 1.51. The van der Waals surface area contributed by atoms with Crippen molar-refractivity contribution in [2.24, 2.45) is 0 Å². The second-order valence-corrected chi connectivity index (χ2v) is 8.63. The minimum Gasteiger partial charge on any atom is -0.480 e. The standard InChI is InChI=1S/C27H28N2O6/c1-4-7-17-13-24(30)35-25-15(2)23(11-10-20(17)25)34-16(3)26(31)29-22(27(32)33)12-18-14-28-21-9-6-5-8-19(18)21/h5-6,8-11,13-14,16,22,28H,4,7,12H2,1-3H3,(H,29,31)(H,32,33)/t16-,22-/m1/s1. The van der Waals surface area contributed by atoms with Gasteiger partial charge in [-0.1, -0.05) is 31.5 Å². The summed E-state index contributed by atoms with van der Waals surface area (Å²) in [5.41, 5.74) is 3.19. The maximum Gasteiger partial charge on any atom is 0.336 e. The summed E-state index contributed by atoms with van der Waals surface area (Å²) in [4.78, 5) is 39.9. The third-order valence-electron chi connectivity index (χ3n) is 6.10. The molecule has 0 saturated heterocycles. The molecule has 182 valence electrons. The molecule has 0 unspecified atom stereocenters. The fourth-order valence-electron chi connectivity index (χ4n) is 4.27. The largest absolute Gasteiger partial charge is 0.480 e. The lowest BCUT2D eigenvalue weighted by atomic mass is 10.0. The number of aliphatic carboxylic acids is 1. The number of carboxylic acids is 1. The van der Waals surface area contributed by atoms with Gasteiger partial charge in [-0.05, 0) is 49.6 Å². The van der Waals surface area contributed by atoms with Crippen LogP contribution in [0.5, 0.6) is 5.75 Å². The van der Waals surface area contributed by atoms with Crippen molar-refractivity contribution in [3.05, 3.63) is 75.8 Å². The van der Waals surface area contributed by atoms with E-state index in [-0.39, 0.29) is 6.42 Å². The molecular weight excluding hydrogens is 448 g/mol. The van der Waals surface area contributed by atoms with E-state index >= 15 is 0 Å². The summed E-state index contributed by atoms with van der Waals surface area (Å²) >= 11 is 0. The predicted molar refractivity (Wildman–Crippen MR) is 133 cm³/mol. The first-order valence-electron chi connectivity index (χ1n) is 11.6. The molecule has 4 rings (SSSR count). The van der Waals surface area contributed by atoms with Crippen molar-refractivity contribution >= 4 is 33.7 Å². The number of amides is 1. The van der Waals surface area contributed by atoms with Crippen LogP contribution in [0, 0.1) is 6.92 Å². The average molecular weight is 477 g/mol. The molecule has 0 bridgehead atoms. The Kier molecular flexibility index (Phi) is 6.91. The normalized spacial score (nSPS) is 13.0. The predicted octanol–water partition coefficient (Wildman–Crippen LogP) is 4.11. The summed E-state index contributed by atoms with van der Waals surface area (Å²) in [5, 5.41) is 14.0. The van der Waals surface area contributed by atoms with Crippen LogP contribution in [0.1, 0.15) is 37.0 Å². The number of para-hydroxylation sites is 1. The molecule has 0 aliphatic carbocycles. The number of fused-ring (bicyclic) bond motifs is 2. The van der Waals surface area contributed by atoms with Gasteiger partial charge in [0, 0.05) is 40.5 Å². The zero-order valence-electron chi connectivity index (χ0n) is 19.9. The monoisotopic (exact) mass is 476 g/mol. The SMILES string of the molecule is CCCc1cc(=O)oc2c(C)c(O[C@H](C)C(=O)N[C@H](Cc3c[nH]c4ccccc34)C(=O)O)ccc12. The molecule has 8 heteroatoms. The molecule has 8 nitrogen and oxygen atoms in total. The van der Waals surface area contributed by atoms with Crippen molar-refractivity contribution in [2.75, 3.05) is 0 Å². The summed E-state index contributed by atoms with van der Waals surface area (Å²) in [6, 6.07) is 11.5. The summed E-state index contributed by atoms with van der Waals surface area (Å²) in [7, 11) is 0. The molecule has 35 heavy (non-hydrogen) atoms. The number of benzene rings is 2. The van der Waals surface area contributed by atoms with Crippen LogP contribution < -0.4 is 15.7 Å². The number of hydrogen-bond acceptors (Lipinski definition) is 5. The number of carbonyl (C=O) groups excluding carboxylic acids is 1. The molecule has 3 N–H and O–H groups in total. The Morgan fingerprint density at radius 1 is 1.14 bits per heavy atom. The van der Waals surface area contributed by atoms with Gasteiger partial charge >= 0.3 is 11.6 Å². The first kappa shape index (κ1) is 24.1. The zero-order chi connectivity index (χ0) is 25.1. The Hall–Kier alpha value is -4.07. The fraction of sp³-hybridized carbons (Fsp3) is 0.296. The first-order chi connectivity index (χ1) is 16.8. The topological polar surface area (TPSA) is 122 Å². The van der Waals surface area contributed by atoms with Crippen molar-refractivity contribution in [1.82, 2.24) is 10.3 Å². The van der Waals surface area contributed by atoms with Gasteiger partial charge in [-0.25, -0.2) is 9.59 Å². The Morgan fingerprint density at radius 2 is 1.91 bits per heavy atom. The minimum absolute atomic E-state index is 0.123. The van der Waals surface area contributed by atoms with Gasteiger partial charge in [-0.3, -0.25) is 4.79 Å². The quantitative estimate of drug-likeness (QED) is 0.313. The van der Waals surface area contributed by atoms with Crippen LogP contribution in [0.15, 0.2) is 57.9 Å². The van der Waals surface area contributed by atoms with Crippen molar-refractivity contribution in [1.29, 1.82) is 0 Å². The molecule has 1 amide bonds. The third kappa shape index (κ3) is 5.06. The van der Waals surface area contributed by atoms with E-state index < -0.39 is 29.6 Å². The van der Waals surface area contributed by atoms with Gasteiger partial charge in [-0.2, -0.15) is 0 Å². The van der Waals surface area contributed by atoms with E-state index in [9.17, 15) is 19.5 Å². The molecule has 0 spiro atoms. The summed E-state index contributed by atoms with van der Waals surface area (Å²) < 4.78 is 11.3. The zero-order valence-corrected chi connectivity index (χ0v) is 19.9. The van der Waals surface area contributed by atoms with Crippen LogP contribution in [-0.2, 0) is 22.4 Å². The lowest BCUT2D eigenvalue weighted by molar-refractivity contribution is -0.142. The van der Waals surface area contributed by atoms with Gasteiger partial charge in [0.05, 0.1) is 0 Å². The number of hydrogen-bond donors (Lipinski definition) is 3. The molecule has 0 aliphatic rings. The average Bonchev–Trinajstić information content (AvgIpc) is 3.23. The summed E-state index contributed by atoms with van der Waals surface area (Å²) in [6.07, 6.45) is 2.54. The molecule has 2 aromatic heterocycles. The van der Waals surface area contributed by atoms with Crippen LogP contribution in [0.3, 0.4) is 0 Å². The number of nitrogens with one attached hydrogen (secondary N) is 2. The lowest BCUT2D eigenvalue weighted by Gasteiger charge is -2.20. The maximum atomic E-state index is 12.8. The number of aromatic amines is 1. The molecule has 0 radical (unpaired) electrons. The second-order valence-electron chi connectivity index (χ2n) is 8.63. The highest BCUT2D eigenvalue weighted by Crippen LogP contribution is 2.29. The molecular formula is C27H28N2O6. The smallest absolute Gasteiger partial charge is 0.336 e. The van der Waals surface area contributed by atoms with Gasteiger partial charge in [0.25, 0.3) is 5.91 Å². The van der Waals surface area contributed by atoms with Crippen molar-refractivity contribution in [2.45, 2.75) is 52.2 Å². The highest BCUT2D eigenvalue weighted by atomic mass is 16.5. The van der Waals surface area contributed by atoms with E-state index in [1.807, 2.05) is 37.3 Å². The van der Waals surface area contributed by atoms with Gasteiger partial charge in [0.1, 0.15) is 17.4 Å². The number of ether oxygens (including phenoxy) is 1. The third-order valence-corrected chi connectivity index (χ3v) is 6.10. The van der Waals surface area contributed by atoms with Crippen LogP contribution in [0.25, 0.3) is 21.9 Å². The van der Waals surface area contributed by atoms with Crippen LogP contribution in [0.2, 0.25) is 0 Å². The van der Waals surface area contributed by atoms with Crippen LogP contribution in [0.4, 0.5) is 0 Å². The van der Waals surface area contributed by atoms with Crippen molar-refractivity contribution in [3.63, 3.8) is 0 Å². The van der Waals surface area contributed by atoms with E-state index in [4.69, 9.17) is 9.15 Å². The van der Waals surface area contributed by atoms with Gasteiger partial charge in [0.15, 0.2) is 6.10 Å². The molecule has 0 aliphatic heterocycles. The Labute approximate surface area is 201 Å². The van der Waals surface area contributed by atoms with E-state index in [0.29, 0.717) is 16.9 Å². The van der Waals surface area contributed by atoms with E-state index in [0.717, 1.165) is 40.3 Å². The van der Waals surface area contributed by atoms with Gasteiger partial charge in [-0.15, -0.1) is 0 Å². The summed E-state index contributed by atoms with van der Waals surface area (Å²) in [6.45, 7) is 5.35. The first-order valence-corrected chi connectivity index (χ1v) is 11.6. The van der Waals surface area contributed by atoms with Crippen molar-refractivity contribution in [3.8, 4) is 5.75 Å². The molecule has 4 aromatic rings. The molecule has 0 saturated carbocycles. The second kappa shape index (κ2) is 10.0. The van der Waals surface area contributed by atoms with Crippen LogP contribution >= 0.6 is 0 Å². The lowest BCUT2D eigenvalue weighted by Crippen LogP contribution is -2.47. The van der Waals surface area contributed by atoms with Crippen molar-refractivity contribution < 1.29 is 23.8 Å². The number of aromatic nitrogens is 1. The molecule has 2 aromatic carbocycles. The highest BCUT2D eigenvalue weighted by molar-refractivity contribution is 5.89. The number of rotatable bonds is 9. The van der Waals surface area contributed by atoms with Gasteiger partial charge in [0.2, 0.25) is 0 Å². The Bertz CT molecular complexity index is 1450. The fourth-order valence-corrected chi connectivity index (χ4v) is 4.27. The number of H-pyrrole nitrogens is 1. The minimum atomic E-state index is -1.14. The van der Waals surface area contributed by atoms with Gasteiger partial charge < -0.3 is 24.6 Å². The van der Waals surface area contributed by atoms with E-state index in [1.165, 1.54) is 6.07 Å².